The standard InChI is InChI=1S/C15H14ClN3O5/c1-9(15(20)18-14-6-3-10(16)8-17-14)24-13-5-4-11(23-2)7-12(13)19(21)22/h3-9H,1-2H3,(H,17,18,20)/t9-/m1/s1. The van der Waals surface area contributed by atoms with Crippen molar-refractivity contribution in [1.82, 2.24) is 4.98 Å². The van der Waals surface area contributed by atoms with Gasteiger partial charge in [-0.2, -0.15) is 0 Å². The molecule has 0 aliphatic rings. The molecule has 1 atom stereocenters. The fourth-order valence-corrected chi connectivity index (χ4v) is 1.90. The third kappa shape index (κ3) is 4.32. The molecular formula is C15H14ClN3O5. The van der Waals surface area contributed by atoms with Crippen LogP contribution in [0.25, 0.3) is 0 Å². The Labute approximate surface area is 142 Å². The van der Waals surface area contributed by atoms with Crippen molar-refractivity contribution in [3.8, 4) is 11.5 Å². The van der Waals surface area contributed by atoms with Gasteiger partial charge in [-0.05, 0) is 31.2 Å². The molecule has 2 rings (SSSR count). The number of methoxy groups -OCH3 is 1. The number of carbonyl (C=O) groups is 1. The summed E-state index contributed by atoms with van der Waals surface area (Å²) in [5.74, 6) is 0.0723. The number of pyridine rings is 1. The summed E-state index contributed by atoms with van der Waals surface area (Å²) in [5, 5.41) is 14.1. The van der Waals surface area contributed by atoms with Crippen LogP contribution in [-0.4, -0.2) is 29.0 Å². The number of nitrogens with one attached hydrogen (secondary N) is 1. The first-order valence-corrected chi connectivity index (χ1v) is 7.20. The summed E-state index contributed by atoms with van der Waals surface area (Å²) in [7, 11) is 1.40. The fraction of sp³-hybridized carbons (Fsp3) is 0.200. The van der Waals surface area contributed by atoms with Gasteiger partial charge in [0.05, 0.1) is 23.1 Å². The molecule has 1 aromatic carbocycles. The van der Waals surface area contributed by atoms with Crippen molar-refractivity contribution >= 4 is 29.0 Å². The summed E-state index contributed by atoms with van der Waals surface area (Å²) >= 11 is 5.72. The van der Waals surface area contributed by atoms with E-state index in [-0.39, 0.29) is 11.4 Å². The second kappa shape index (κ2) is 7.60. The number of nitro groups is 1. The van der Waals surface area contributed by atoms with Gasteiger partial charge in [-0.1, -0.05) is 11.6 Å². The molecule has 1 heterocycles. The highest BCUT2D eigenvalue weighted by Gasteiger charge is 2.22. The first kappa shape index (κ1) is 17.5. The van der Waals surface area contributed by atoms with Crippen LogP contribution in [0.2, 0.25) is 5.02 Å². The van der Waals surface area contributed by atoms with Gasteiger partial charge < -0.3 is 14.8 Å². The summed E-state index contributed by atoms with van der Waals surface area (Å²) in [4.78, 5) is 26.5. The fourth-order valence-electron chi connectivity index (χ4n) is 1.79. The lowest BCUT2D eigenvalue weighted by atomic mass is 10.2. The molecule has 0 saturated heterocycles. The molecule has 0 saturated carbocycles. The Morgan fingerprint density at radius 2 is 2.12 bits per heavy atom. The van der Waals surface area contributed by atoms with Gasteiger partial charge in [0.2, 0.25) is 0 Å². The number of hydrogen-bond acceptors (Lipinski definition) is 6. The van der Waals surface area contributed by atoms with Gasteiger partial charge in [0, 0.05) is 6.20 Å². The number of rotatable bonds is 6. The zero-order chi connectivity index (χ0) is 17.7. The van der Waals surface area contributed by atoms with E-state index in [1.807, 2.05) is 0 Å². The van der Waals surface area contributed by atoms with Gasteiger partial charge in [0.15, 0.2) is 11.9 Å². The molecule has 24 heavy (non-hydrogen) atoms. The lowest BCUT2D eigenvalue weighted by Gasteiger charge is -2.14. The third-order valence-corrected chi connectivity index (χ3v) is 3.24. The Bertz CT molecular complexity index is 751. The average molecular weight is 352 g/mol. The Morgan fingerprint density at radius 3 is 2.71 bits per heavy atom. The maximum absolute atomic E-state index is 12.1. The van der Waals surface area contributed by atoms with Crippen LogP contribution in [0.5, 0.6) is 11.5 Å². The Morgan fingerprint density at radius 1 is 1.38 bits per heavy atom. The molecule has 1 amide bonds. The van der Waals surface area contributed by atoms with Gasteiger partial charge in [-0.3, -0.25) is 14.9 Å². The molecule has 0 spiro atoms. The second-order valence-corrected chi connectivity index (χ2v) is 5.14. The van der Waals surface area contributed by atoms with E-state index in [1.54, 1.807) is 6.07 Å². The summed E-state index contributed by atoms with van der Waals surface area (Å²) in [6, 6.07) is 7.21. The van der Waals surface area contributed by atoms with Crippen LogP contribution in [0, 0.1) is 10.1 Å². The number of nitro benzene ring substituents is 1. The van der Waals surface area contributed by atoms with Gasteiger partial charge >= 0.3 is 5.69 Å². The summed E-state index contributed by atoms with van der Waals surface area (Å²) in [6.07, 6.45) is 0.409. The molecule has 0 aliphatic carbocycles. The summed E-state index contributed by atoms with van der Waals surface area (Å²) in [6.45, 7) is 1.47. The van der Waals surface area contributed by atoms with Crippen molar-refractivity contribution in [2.24, 2.45) is 0 Å². The van der Waals surface area contributed by atoms with Crippen molar-refractivity contribution in [3.63, 3.8) is 0 Å². The molecule has 0 bridgehead atoms. The smallest absolute Gasteiger partial charge is 0.314 e. The van der Waals surface area contributed by atoms with Gasteiger partial charge in [0.1, 0.15) is 11.6 Å². The van der Waals surface area contributed by atoms with E-state index in [0.717, 1.165) is 0 Å². The largest absolute Gasteiger partial charge is 0.496 e. The topological polar surface area (TPSA) is 104 Å². The van der Waals surface area contributed by atoms with Crippen LogP contribution in [-0.2, 0) is 4.79 Å². The van der Waals surface area contributed by atoms with Crippen molar-refractivity contribution < 1.29 is 19.2 Å². The molecule has 8 nitrogen and oxygen atoms in total. The zero-order valence-electron chi connectivity index (χ0n) is 12.9. The van der Waals surface area contributed by atoms with Crippen LogP contribution >= 0.6 is 11.6 Å². The van der Waals surface area contributed by atoms with Crippen LogP contribution in [0.4, 0.5) is 11.5 Å². The number of carbonyl (C=O) groups excluding carboxylic acids is 1. The average Bonchev–Trinajstić information content (AvgIpc) is 2.57. The number of benzene rings is 1. The maximum Gasteiger partial charge on any atom is 0.314 e. The van der Waals surface area contributed by atoms with E-state index in [0.29, 0.717) is 16.6 Å². The van der Waals surface area contributed by atoms with Crippen LogP contribution in [0.1, 0.15) is 6.92 Å². The lowest BCUT2D eigenvalue weighted by Crippen LogP contribution is -2.30. The molecule has 0 fully saturated rings. The van der Waals surface area contributed by atoms with E-state index in [4.69, 9.17) is 21.1 Å². The Kier molecular flexibility index (Phi) is 5.54. The normalized spacial score (nSPS) is 11.5. The SMILES string of the molecule is COc1ccc(O[C@H](C)C(=O)Nc2ccc(Cl)cn2)c([N+](=O)[O-])c1. The van der Waals surface area contributed by atoms with Crippen LogP contribution < -0.4 is 14.8 Å². The molecule has 1 N–H and O–H groups in total. The van der Waals surface area contributed by atoms with E-state index in [2.05, 4.69) is 10.3 Å². The van der Waals surface area contributed by atoms with Gasteiger partial charge in [-0.15, -0.1) is 0 Å². The maximum atomic E-state index is 12.1. The summed E-state index contributed by atoms with van der Waals surface area (Å²) in [5.41, 5.74) is -0.293. The minimum Gasteiger partial charge on any atom is -0.496 e. The quantitative estimate of drug-likeness (QED) is 0.633. The number of amides is 1. The van der Waals surface area contributed by atoms with Crippen molar-refractivity contribution in [2.45, 2.75) is 13.0 Å². The first-order chi connectivity index (χ1) is 11.4. The number of halogens is 1. The minimum absolute atomic E-state index is 0.0347. The van der Waals surface area contributed by atoms with E-state index < -0.39 is 16.9 Å². The van der Waals surface area contributed by atoms with Crippen LogP contribution in [0.3, 0.4) is 0 Å². The zero-order valence-corrected chi connectivity index (χ0v) is 13.6. The molecule has 0 aliphatic heterocycles. The molecule has 1 aromatic heterocycles. The predicted octanol–water partition coefficient (Wildman–Crippen LogP) is 3.06. The number of nitrogens with zero attached hydrogens (tertiary/aromatic N) is 2. The van der Waals surface area contributed by atoms with Crippen molar-refractivity contribution in [2.75, 3.05) is 12.4 Å². The highest BCUT2D eigenvalue weighted by molar-refractivity contribution is 6.30. The molecule has 2 aromatic rings. The van der Waals surface area contributed by atoms with E-state index >= 15 is 0 Å². The van der Waals surface area contributed by atoms with Gasteiger partial charge in [-0.25, -0.2) is 4.98 Å². The minimum atomic E-state index is -0.977. The first-order valence-electron chi connectivity index (χ1n) is 6.82. The number of ether oxygens (including phenoxy) is 2. The lowest BCUT2D eigenvalue weighted by molar-refractivity contribution is -0.386. The van der Waals surface area contributed by atoms with Gasteiger partial charge in [0.25, 0.3) is 5.91 Å². The van der Waals surface area contributed by atoms with Crippen molar-refractivity contribution in [3.05, 3.63) is 51.7 Å². The predicted molar refractivity (Wildman–Crippen MR) is 87.6 cm³/mol. The number of hydrogen-bond donors (Lipinski definition) is 1. The highest BCUT2D eigenvalue weighted by atomic mass is 35.5. The van der Waals surface area contributed by atoms with E-state index in [9.17, 15) is 14.9 Å². The molecule has 126 valence electrons. The second-order valence-electron chi connectivity index (χ2n) is 4.70. The molecule has 0 radical (unpaired) electrons. The van der Waals surface area contributed by atoms with E-state index in [1.165, 1.54) is 44.5 Å². The Hall–Kier alpha value is -2.87. The molecule has 9 heteroatoms. The van der Waals surface area contributed by atoms with Crippen molar-refractivity contribution in [1.29, 1.82) is 0 Å². The Balaban J connectivity index is 2.10. The highest BCUT2D eigenvalue weighted by Crippen LogP contribution is 2.31. The molecule has 0 unspecified atom stereocenters. The monoisotopic (exact) mass is 351 g/mol. The number of anilines is 1. The number of aromatic nitrogens is 1. The summed E-state index contributed by atoms with van der Waals surface area (Å²) < 4.78 is 10.3. The molecular weight excluding hydrogens is 338 g/mol. The third-order valence-electron chi connectivity index (χ3n) is 3.01. The van der Waals surface area contributed by atoms with Crippen LogP contribution in [0.15, 0.2) is 36.5 Å².